The van der Waals surface area contributed by atoms with Crippen LogP contribution in [0, 0.1) is 0 Å². The van der Waals surface area contributed by atoms with Gasteiger partial charge in [-0.3, -0.25) is 10.1 Å². The van der Waals surface area contributed by atoms with Crippen molar-refractivity contribution in [2.45, 2.75) is 31.3 Å². The van der Waals surface area contributed by atoms with Gasteiger partial charge < -0.3 is 14.4 Å². The van der Waals surface area contributed by atoms with Crippen LogP contribution in [0.4, 0.5) is 10.6 Å². The van der Waals surface area contributed by atoms with Crippen molar-refractivity contribution in [2.75, 3.05) is 5.32 Å². The van der Waals surface area contributed by atoms with Crippen molar-refractivity contribution >= 4 is 17.9 Å². The largest absolute Gasteiger partial charge is 0.481 e. The summed E-state index contributed by atoms with van der Waals surface area (Å²) in [4.78, 5) is 28.7. The van der Waals surface area contributed by atoms with Crippen molar-refractivity contribution in [1.82, 2.24) is 9.55 Å². The first-order valence-electron chi connectivity index (χ1n) is 11.9. The molecule has 1 fully saturated rings. The SMILES string of the molecule is C[C@H](OC(=O)Nc1c(-c2ccc(-c3ccc(C4(C(=O)O)CC4)cc3)cc2)ncn1C)c1ccccc1. The number of carboxylic acids is 1. The molecule has 0 saturated heterocycles. The number of aliphatic carboxylic acids is 1. The van der Waals surface area contributed by atoms with Crippen LogP contribution < -0.4 is 5.32 Å². The highest BCUT2D eigenvalue weighted by Crippen LogP contribution is 2.48. The summed E-state index contributed by atoms with van der Waals surface area (Å²) in [6.45, 7) is 1.83. The number of amides is 1. The van der Waals surface area contributed by atoms with Crippen LogP contribution in [0.3, 0.4) is 0 Å². The van der Waals surface area contributed by atoms with Gasteiger partial charge in [-0.2, -0.15) is 0 Å². The Hall–Kier alpha value is -4.39. The van der Waals surface area contributed by atoms with E-state index in [4.69, 9.17) is 4.74 Å². The molecule has 1 heterocycles. The second kappa shape index (κ2) is 9.34. The molecule has 1 amide bonds. The minimum atomic E-state index is -0.752. The molecule has 1 aliphatic carbocycles. The molecule has 0 radical (unpaired) electrons. The molecule has 1 aliphatic rings. The smallest absolute Gasteiger partial charge is 0.413 e. The number of aromatic nitrogens is 2. The molecule has 7 heteroatoms. The number of hydrogen-bond acceptors (Lipinski definition) is 4. The summed E-state index contributed by atoms with van der Waals surface area (Å²) < 4.78 is 7.30. The van der Waals surface area contributed by atoms with E-state index in [1.165, 1.54) is 0 Å². The van der Waals surface area contributed by atoms with E-state index in [-0.39, 0.29) is 6.10 Å². The molecule has 36 heavy (non-hydrogen) atoms. The predicted octanol–water partition coefficient (Wildman–Crippen LogP) is 6.18. The summed E-state index contributed by atoms with van der Waals surface area (Å²) in [6.07, 6.45) is 2.08. The first-order valence-corrected chi connectivity index (χ1v) is 11.9. The van der Waals surface area contributed by atoms with Gasteiger partial charge in [-0.1, -0.05) is 78.9 Å². The van der Waals surface area contributed by atoms with Crippen molar-refractivity contribution < 1.29 is 19.4 Å². The van der Waals surface area contributed by atoms with Gasteiger partial charge in [0, 0.05) is 12.6 Å². The fraction of sp³-hybridized carbons (Fsp3) is 0.207. The normalized spacial score (nSPS) is 14.6. The lowest BCUT2D eigenvalue weighted by atomic mass is 9.93. The maximum atomic E-state index is 12.6. The lowest BCUT2D eigenvalue weighted by Gasteiger charge is -2.15. The minimum Gasteiger partial charge on any atom is -0.481 e. The fourth-order valence-electron chi connectivity index (χ4n) is 4.42. The van der Waals surface area contributed by atoms with E-state index in [1.807, 2.05) is 92.8 Å². The van der Waals surface area contributed by atoms with Crippen LogP contribution in [0.2, 0.25) is 0 Å². The monoisotopic (exact) mass is 481 g/mol. The molecule has 1 aromatic heterocycles. The Kier molecular flexibility index (Phi) is 6.06. The molecule has 7 nitrogen and oxygen atoms in total. The van der Waals surface area contributed by atoms with Gasteiger partial charge in [-0.05, 0) is 42.0 Å². The van der Waals surface area contributed by atoms with Crippen molar-refractivity contribution in [3.8, 4) is 22.4 Å². The number of hydrogen-bond donors (Lipinski definition) is 2. The van der Waals surface area contributed by atoms with Gasteiger partial charge >= 0.3 is 12.1 Å². The third kappa shape index (κ3) is 4.47. The third-order valence-corrected chi connectivity index (χ3v) is 6.80. The quantitative estimate of drug-likeness (QED) is 0.329. The Morgan fingerprint density at radius 2 is 1.53 bits per heavy atom. The summed E-state index contributed by atoms with van der Waals surface area (Å²) in [5, 5.41) is 12.3. The number of ether oxygens (including phenoxy) is 1. The maximum Gasteiger partial charge on any atom is 0.413 e. The van der Waals surface area contributed by atoms with Crippen molar-refractivity contribution in [2.24, 2.45) is 7.05 Å². The van der Waals surface area contributed by atoms with Crippen LogP contribution in [-0.2, 0) is 22.0 Å². The Morgan fingerprint density at radius 3 is 2.11 bits per heavy atom. The molecule has 2 N–H and O–H groups in total. The van der Waals surface area contributed by atoms with Gasteiger partial charge in [0.25, 0.3) is 0 Å². The topological polar surface area (TPSA) is 93.4 Å². The van der Waals surface area contributed by atoms with Gasteiger partial charge in [0.1, 0.15) is 17.6 Å². The number of rotatable bonds is 7. The molecule has 3 aromatic carbocycles. The van der Waals surface area contributed by atoms with E-state index in [2.05, 4.69) is 10.3 Å². The first-order chi connectivity index (χ1) is 17.4. The number of aryl methyl sites for hydroxylation is 1. The number of imidazole rings is 1. The van der Waals surface area contributed by atoms with E-state index in [0.717, 1.165) is 27.8 Å². The summed E-state index contributed by atoms with van der Waals surface area (Å²) in [6, 6.07) is 25.2. The van der Waals surface area contributed by atoms with Crippen molar-refractivity contribution in [1.29, 1.82) is 0 Å². The number of anilines is 1. The van der Waals surface area contributed by atoms with E-state index >= 15 is 0 Å². The van der Waals surface area contributed by atoms with Crippen molar-refractivity contribution in [3.63, 3.8) is 0 Å². The Balaban J connectivity index is 1.30. The number of benzene rings is 3. The zero-order valence-electron chi connectivity index (χ0n) is 20.1. The molecular weight excluding hydrogens is 454 g/mol. The molecule has 0 unspecified atom stereocenters. The summed E-state index contributed by atoms with van der Waals surface area (Å²) in [5.41, 5.74) is 4.57. The van der Waals surface area contributed by atoms with Crippen molar-refractivity contribution in [3.05, 3.63) is 96.3 Å². The number of carbonyl (C=O) groups is 2. The lowest BCUT2D eigenvalue weighted by molar-refractivity contribution is -0.140. The summed E-state index contributed by atoms with van der Waals surface area (Å²) in [7, 11) is 1.81. The van der Waals surface area contributed by atoms with Gasteiger partial charge in [-0.25, -0.2) is 9.78 Å². The number of nitrogens with zero attached hydrogens (tertiary/aromatic N) is 2. The van der Waals surface area contributed by atoms with Crippen LogP contribution in [0.15, 0.2) is 85.2 Å². The van der Waals surface area contributed by atoms with Crippen LogP contribution in [-0.4, -0.2) is 26.7 Å². The molecule has 1 atom stereocenters. The highest BCUT2D eigenvalue weighted by Gasteiger charge is 2.51. The molecule has 182 valence electrons. The van der Waals surface area contributed by atoms with Gasteiger partial charge in [0.15, 0.2) is 0 Å². The van der Waals surface area contributed by atoms with Crippen LogP contribution >= 0.6 is 0 Å². The second-order valence-electron chi connectivity index (χ2n) is 9.18. The first kappa shape index (κ1) is 23.4. The van der Waals surface area contributed by atoms with E-state index in [1.54, 1.807) is 10.9 Å². The highest BCUT2D eigenvalue weighted by molar-refractivity contribution is 5.89. The standard InChI is InChI=1S/C29H27N3O4/c1-19(20-6-4-3-5-7-20)36-28(35)31-26-25(30-18-32(26)2)23-10-8-21(9-11-23)22-12-14-24(15-13-22)29(16-17-29)27(33)34/h3-15,18-19H,16-17H2,1-2H3,(H,31,35)(H,33,34)/t19-/m0/s1. The number of carbonyl (C=O) groups excluding carboxylic acids is 1. The van der Waals surface area contributed by atoms with Crippen LogP contribution in [0.25, 0.3) is 22.4 Å². The number of nitrogens with one attached hydrogen (secondary N) is 1. The Bertz CT molecular complexity index is 1390. The lowest BCUT2D eigenvalue weighted by Crippen LogP contribution is -2.19. The van der Waals surface area contributed by atoms with E-state index < -0.39 is 17.5 Å². The minimum absolute atomic E-state index is 0.390. The second-order valence-corrected chi connectivity index (χ2v) is 9.18. The molecule has 0 aliphatic heterocycles. The summed E-state index contributed by atoms with van der Waals surface area (Å²) >= 11 is 0. The maximum absolute atomic E-state index is 12.6. The zero-order valence-corrected chi connectivity index (χ0v) is 20.1. The van der Waals surface area contributed by atoms with E-state index in [0.29, 0.717) is 24.4 Å². The highest BCUT2D eigenvalue weighted by atomic mass is 16.6. The average molecular weight is 482 g/mol. The fourth-order valence-corrected chi connectivity index (χ4v) is 4.42. The third-order valence-electron chi connectivity index (χ3n) is 6.80. The van der Waals surface area contributed by atoms with E-state index in [9.17, 15) is 14.7 Å². The molecule has 4 aromatic rings. The molecular formula is C29H27N3O4. The zero-order chi connectivity index (χ0) is 25.3. The predicted molar refractivity (Wildman–Crippen MR) is 138 cm³/mol. The average Bonchev–Trinajstić information content (AvgIpc) is 3.64. The van der Waals surface area contributed by atoms with Gasteiger partial charge in [0.2, 0.25) is 0 Å². The number of carboxylic acid groups (broad SMARTS) is 1. The molecule has 1 saturated carbocycles. The van der Waals surface area contributed by atoms with Crippen LogP contribution in [0.1, 0.15) is 37.0 Å². The molecule has 5 rings (SSSR count). The van der Waals surface area contributed by atoms with Crippen LogP contribution in [0.5, 0.6) is 0 Å². The molecule has 0 bridgehead atoms. The molecule has 0 spiro atoms. The van der Waals surface area contributed by atoms with Gasteiger partial charge in [-0.15, -0.1) is 0 Å². The Morgan fingerprint density at radius 1 is 0.944 bits per heavy atom. The Labute approximate surface area is 209 Å². The van der Waals surface area contributed by atoms with Gasteiger partial charge in [0.05, 0.1) is 11.7 Å². The summed E-state index contributed by atoms with van der Waals surface area (Å²) in [5.74, 6) is -0.210.